The van der Waals surface area contributed by atoms with E-state index in [1.807, 2.05) is 0 Å². The molecule has 1 aromatic carbocycles. The van der Waals surface area contributed by atoms with Crippen LogP contribution in [0.5, 0.6) is 0 Å². The Morgan fingerprint density at radius 1 is 1.50 bits per heavy atom. The molecule has 1 aliphatic heterocycles. The van der Waals surface area contributed by atoms with E-state index in [9.17, 15) is 14.3 Å². The van der Waals surface area contributed by atoms with Gasteiger partial charge in [0.05, 0.1) is 10.6 Å². The van der Waals surface area contributed by atoms with Crippen LogP contribution in [0.25, 0.3) is 0 Å². The normalized spacial score (nSPS) is 17.9. The van der Waals surface area contributed by atoms with E-state index in [4.69, 9.17) is 0 Å². The molecule has 0 spiro atoms. The average Bonchev–Trinajstić information content (AvgIpc) is 2.43. The lowest BCUT2D eigenvalue weighted by molar-refractivity contribution is 0.0820. The Balaban J connectivity index is 1.91. The third kappa shape index (κ3) is 3.70. The number of hydrogen-bond acceptors (Lipinski definition) is 2. The average molecular weight is 345 g/mol. The molecule has 2 amide bonds. The SMILES string of the molecule is CC(O)C1CCN(C(=O)Nc2ccc(Br)c(F)c2)CC1. The fourth-order valence-corrected chi connectivity index (χ4v) is 2.61. The molecule has 2 rings (SSSR count). The zero-order valence-corrected chi connectivity index (χ0v) is 12.9. The highest BCUT2D eigenvalue weighted by molar-refractivity contribution is 9.10. The lowest BCUT2D eigenvalue weighted by atomic mass is 9.92. The summed E-state index contributed by atoms with van der Waals surface area (Å²) in [6, 6.07) is 4.26. The molecule has 1 unspecified atom stereocenters. The van der Waals surface area contributed by atoms with Crippen LogP contribution in [0.15, 0.2) is 22.7 Å². The van der Waals surface area contributed by atoms with Crippen molar-refractivity contribution in [2.75, 3.05) is 18.4 Å². The van der Waals surface area contributed by atoms with Gasteiger partial charge in [-0.15, -0.1) is 0 Å². The number of aliphatic hydroxyl groups excluding tert-OH is 1. The molecule has 0 bridgehead atoms. The standard InChI is InChI=1S/C14H18BrFN2O2/c1-9(19)10-4-6-18(7-5-10)14(20)17-11-2-3-12(15)13(16)8-11/h2-3,8-10,19H,4-7H2,1H3,(H,17,20). The van der Waals surface area contributed by atoms with Gasteiger partial charge in [-0.3, -0.25) is 0 Å². The number of rotatable bonds is 2. The lowest BCUT2D eigenvalue weighted by Crippen LogP contribution is -2.42. The molecule has 1 heterocycles. The Bertz CT molecular complexity index is 488. The number of hydrogen-bond donors (Lipinski definition) is 2. The molecule has 20 heavy (non-hydrogen) atoms. The maximum absolute atomic E-state index is 13.4. The monoisotopic (exact) mass is 344 g/mol. The van der Waals surface area contributed by atoms with Crippen molar-refractivity contribution < 1.29 is 14.3 Å². The summed E-state index contributed by atoms with van der Waals surface area (Å²) in [5, 5.41) is 12.2. The van der Waals surface area contributed by atoms with E-state index in [0.29, 0.717) is 23.2 Å². The van der Waals surface area contributed by atoms with Crippen molar-refractivity contribution in [1.82, 2.24) is 4.90 Å². The molecule has 110 valence electrons. The van der Waals surface area contributed by atoms with E-state index in [1.54, 1.807) is 24.0 Å². The van der Waals surface area contributed by atoms with E-state index in [0.717, 1.165) is 12.8 Å². The number of amides is 2. The minimum atomic E-state index is -0.407. The summed E-state index contributed by atoms with van der Waals surface area (Å²) < 4.78 is 13.7. The predicted molar refractivity (Wildman–Crippen MR) is 79.1 cm³/mol. The third-order valence-corrected chi connectivity index (χ3v) is 4.32. The molecule has 6 heteroatoms. The van der Waals surface area contributed by atoms with Crippen LogP contribution in [0.2, 0.25) is 0 Å². The van der Waals surface area contributed by atoms with E-state index in [1.165, 1.54) is 6.07 Å². The van der Waals surface area contributed by atoms with Crippen LogP contribution in [-0.2, 0) is 0 Å². The second-order valence-corrected chi connectivity index (χ2v) is 5.98. The second kappa shape index (κ2) is 6.54. The highest BCUT2D eigenvalue weighted by Gasteiger charge is 2.25. The lowest BCUT2D eigenvalue weighted by Gasteiger charge is -2.33. The van der Waals surface area contributed by atoms with E-state index < -0.39 is 5.82 Å². The number of anilines is 1. The number of aliphatic hydroxyl groups is 1. The molecule has 1 aromatic rings. The first-order valence-corrected chi connectivity index (χ1v) is 7.45. The second-order valence-electron chi connectivity index (χ2n) is 5.12. The molecule has 0 aromatic heterocycles. The molecule has 1 fully saturated rings. The van der Waals surface area contributed by atoms with Gasteiger partial charge in [0.1, 0.15) is 5.82 Å². The van der Waals surface area contributed by atoms with Crippen molar-refractivity contribution in [3.8, 4) is 0 Å². The van der Waals surface area contributed by atoms with Crippen LogP contribution >= 0.6 is 15.9 Å². The fourth-order valence-electron chi connectivity index (χ4n) is 2.36. The van der Waals surface area contributed by atoms with Crippen LogP contribution in [0.3, 0.4) is 0 Å². The largest absolute Gasteiger partial charge is 0.393 e. The molecule has 4 nitrogen and oxygen atoms in total. The van der Waals surface area contributed by atoms with Crippen LogP contribution < -0.4 is 5.32 Å². The summed E-state index contributed by atoms with van der Waals surface area (Å²) in [5.41, 5.74) is 0.438. The Kier molecular flexibility index (Phi) is 4.99. The van der Waals surface area contributed by atoms with Gasteiger partial charge in [0.15, 0.2) is 0 Å². The Labute approximate surface area is 126 Å². The Morgan fingerprint density at radius 3 is 2.70 bits per heavy atom. The van der Waals surface area contributed by atoms with Crippen LogP contribution in [-0.4, -0.2) is 35.2 Å². The quantitative estimate of drug-likeness (QED) is 0.865. The maximum atomic E-state index is 13.4. The van der Waals surface area contributed by atoms with E-state index in [-0.39, 0.29) is 18.1 Å². The van der Waals surface area contributed by atoms with Crippen molar-refractivity contribution in [2.24, 2.45) is 5.92 Å². The number of piperidine rings is 1. The van der Waals surface area contributed by atoms with Gasteiger partial charge in [-0.1, -0.05) is 0 Å². The number of carbonyl (C=O) groups excluding carboxylic acids is 1. The Hall–Kier alpha value is -1.14. The van der Waals surface area contributed by atoms with Gasteiger partial charge in [-0.05, 0) is 59.8 Å². The highest BCUT2D eigenvalue weighted by atomic mass is 79.9. The molecule has 0 radical (unpaired) electrons. The van der Waals surface area contributed by atoms with E-state index in [2.05, 4.69) is 21.2 Å². The number of halogens is 2. The summed E-state index contributed by atoms with van der Waals surface area (Å²) in [5.74, 6) is -0.153. The van der Waals surface area contributed by atoms with Crippen molar-refractivity contribution in [3.63, 3.8) is 0 Å². The van der Waals surface area contributed by atoms with Gasteiger partial charge in [-0.2, -0.15) is 0 Å². The summed E-state index contributed by atoms with van der Waals surface area (Å²) >= 11 is 3.07. The summed E-state index contributed by atoms with van der Waals surface area (Å²) in [6.07, 6.45) is 1.25. The van der Waals surface area contributed by atoms with E-state index >= 15 is 0 Å². The van der Waals surface area contributed by atoms with Gasteiger partial charge < -0.3 is 15.3 Å². The van der Waals surface area contributed by atoms with Gasteiger partial charge in [-0.25, -0.2) is 9.18 Å². The van der Waals surface area contributed by atoms with Crippen molar-refractivity contribution in [1.29, 1.82) is 0 Å². The third-order valence-electron chi connectivity index (χ3n) is 3.68. The number of carbonyl (C=O) groups is 1. The zero-order chi connectivity index (χ0) is 14.7. The molecular weight excluding hydrogens is 327 g/mol. The first kappa shape index (κ1) is 15.3. The summed E-state index contributed by atoms with van der Waals surface area (Å²) in [6.45, 7) is 3.01. The summed E-state index contributed by atoms with van der Waals surface area (Å²) in [7, 11) is 0. The molecule has 0 saturated carbocycles. The number of likely N-dealkylation sites (tertiary alicyclic amines) is 1. The minimum absolute atomic E-state index is 0.226. The molecule has 1 saturated heterocycles. The number of urea groups is 1. The van der Waals surface area contributed by atoms with Crippen LogP contribution in [0.4, 0.5) is 14.9 Å². The number of benzene rings is 1. The molecule has 1 atom stereocenters. The first-order valence-electron chi connectivity index (χ1n) is 6.66. The van der Waals surface area contributed by atoms with Crippen molar-refractivity contribution in [3.05, 3.63) is 28.5 Å². The van der Waals surface area contributed by atoms with Crippen molar-refractivity contribution >= 4 is 27.6 Å². The maximum Gasteiger partial charge on any atom is 0.321 e. The summed E-state index contributed by atoms with van der Waals surface area (Å²) in [4.78, 5) is 13.8. The molecular formula is C14H18BrFN2O2. The number of nitrogens with one attached hydrogen (secondary N) is 1. The molecule has 0 aliphatic carbocycles. The van der Waals surface area contributed by atoms with Gasteiger partial charge in [0.2, 0.25) is 0 Å². The molecule has 2 N–H and O–H groups in total. The predicted octanol–water partition coefficient (Wildman–Crippen LogP) is 3.21. The van der Waals surface area contributed by atoms with Crippen LogP contribution in [0, 0.1) is 11.7 Å². The topological polar surface area (TPSA) is 52.6 Å². The minimum Gasteiger partial charge on any atom is -0.393 e. The smallest absolute Gasteiger partial charge is 0.321 e. The first-order chi connectivity index (χ1) is 9.47. The Morgan fingerprint density at radius 2 is 2.15 bits per heavy atom. The van der Waals surface area contributed by atoms with Crippen LogP contribution in [0.1, 0.15) is 19.8 Å². The molecule has 1 aliphatic rings. The van der Waals surface area contributed by atoms with Gasteiger partial charge in [0, 0.05) is 18.8 Å². The number of nitrogens with zero attached hydrogens (tertiary/aromatic N) is 1. The van der Waals surface area contributed by atoms with Gasteiger partial charge in [0.25, 0.3) is 0 Å². The highest BCUT2D eigenvalue weighted by Crippen LogP contribution is 2.22. The fraction of sp³-hybridized carbons (Fsp3) is 0.500. The zero-order valence-electron chi connectivity index (χ0n) is 11.3. The van der Waals surface area contributed by atoms with Crippen molar-refractivity contribution in [2.45, 2.75) is 25.9 Å². The van der Waals surface area contributed by atoms with Gasteiger partial charge >= 0.3 is 6.03 Å².